The fourth-order valence-electron chi connectivity index (χ4n) is 4.67. The van der Waals surface area contributed by atoms with E-state index in [9.17, 15) is 13.9 Å². The summed E-state index contributed by atoms with van der Waals surface area (Å²) < 4.78 is 45.2. The van der Waals surface area contributed by atoms with Crippen molar-refractivity contribution in [3.8, 4) is 17.2 Å². The van der Waals surface area contributed by atoms with E-state index in [-0.39, 0.29) is 61.2 Å². The first-order valence-electron chi connectivity index (χ1n) is 11.7. The number of aliphatic hydroxyl groups excluding tert-OH is 1. The number of aromatic nitrogens is 2. The van der Waals surface area contributed by atoms with Crippen LogP contribution in [-0.4, -0.2) is 72.1 Å². The maximum absolute atomic E-state index is 14.6. The largest absolute Gasteiger partial charge is 0.497 e. The first-order valence-corrected chi connectivity index (χ1v) is 11.7. The molecular weight excluding hydrogens is 600 g/mol. The van der Waals surface area contributed by atoms with Crippen LogP contribution in [0.25, 0.3) is 10.9 Å². The summed E-state index contributed by atoms with van der Waals surface area (Å²) in [6, 6.07) is 4.62. The zero-order valence-electron chi connectivity index (χ0n) is 21.1. The van der Waals surface area contributed by atoms with Gasteiger partial charge in [0, 0.05) is 48.8 Å². The van der Waals surface area contributed by atoms with Gasteiger partial charge in [0.2, 0.25) is 0 Å². The Balaban J connectivity index is 0.00000190. The van der Waals surface area contributed by atoms with E-state index < -0.39 is 17.7 Å². The fraction of sp³-hybridized carbons (Fsp3) is 0.440. The molecule has 2 aliphatic rings. The Hall–Kier alpha value is -1.92. The van der Waals surface area contributed by atoms with Gasteiger partial charge >= 0.3 is 0 Å². The van der Waals surface area contributed by atoms with Gasteiger partial charge in [0.05, 0.1) is 31.3 Å². The highest BCUT2D eigenvalue weighted by atomic mass is 35.5. The minimum Gasteiger partial charge on any atom is -0.497 e. The summed E-state index contributed by atoms with van der Waals surface area (Å²) in [5.74, 6) is 0.628. The van der Waals surface area contributed by atoms with Gasteiger partial charge in [-0.3, -0.25) is 9.97 Å². The Morgan fingerprint density at radius 1 is 1.03 bits per heavy atom. The lowest BCUT2D eigenvalue weighted by Crippen LogP contribution is -2.52. The van der Waals surface area contributed by atoms with Crippen LogP contribution in [0.15, 0.2) is 30.6 Å². The van der Waals surface area contributed by atoms with Crippen molar-refractivity contribution in [3.05, 3.63) is 53.5 Å². The molecule has 5 rings (SSSR count). The molecule has 0 bridgehead atoms. The molecule has 218 valence electrons. The lowest BCUT2D eigenvalue weighted by atomic mass is 10.00. The van der Waals surface area contributed by atoms with Gasteiger partial charge in [-0.25, -0.2) is 8.78 Å². The molecule has 0 amide bonds. The van der Waals surface area contributed by atoms with E-state index in [0.29, 0.717) is 67.5 Å². The van der Waals surface area contributed by atoms with E-state index in [2.05, 4.69) is 20.2 Å². The summed E-state index contributed by atoms with van der Waals surface area (Å²) in [6.45, 7) is 3.26. The molecule has 2 aliphatic heterocycles. The number of rotatable bonds is 7. The summed E-state index contributed by atoms with van der Waals surface area (Å²) in [5.41, 5.74) is 1.33. The fourth-order valence-corrected chi connectivity index (χ4v) is 4.67. The first-order chi connectivity index (χ1) is 17.0. The number of nitrogens with zero attached hydrogens (tertiary/aromatic N) is 3. The van der Waals surface area contributed by atoms with E-state index in [1.807, 2.05) is 6.07 Å². The number of halogens is 6. The summed E-state index contributed by atoms with van der Waals surface area (Å²) in [7, 11) is 1.44. The Labute approximate surface area is 250 Å². The number of β-amino-alcohol motifs (C(OH)–C–C–N with tert-alkyl or cyclic N) is 1. The SMILES string of the molecule is COc1cc(F)c2ncc(F)c(CCN3CC[C@H](NCc4cc5c(cn4)OCCO5)[C@H](O)C3)c2c1.Cl.Cl.Cl.Cl. The number of methoxy groups -OCH3 is 1. The summed E-state index contributed by atoms with van der Waals surface area (Å²) >= 11 is 0. The number of aliphatic hydroxyl groups is 1. The smallest absolute Gasteiger partial charge is 0.179 e. The van der Waals surface area contributed by atoms with Crippen LogP contribution in [0.2, 0.25) is 0 Å². The zero-order chi connectivity index (χ0) is 24.4. The number of ether oxygens (including phenoxy) is 3. The molecule has 2 N–H and O–H groups in total. The maximum Gasteiger partial charge on any atom is 0.179 e. The van der Waals surface area contributed by atoms with Crippen molar-refractivity contribution in [1.29, 1.82) is 0 Å². The van der Waals surface area contributed by atoms with E-state index in [1.165, 1.54) is 13.2 Å². The maximum atomic E-state index is 14.6. The van der Waals surface area contributed by atoms with Crippen LogP contribution in [0, 0.1) is 11.6 Å². The molecule has 2 atom stereocenters. The molecule has 39 heavy (non-hydrogen) atoms. The lowest BCUT2D eigenvalue weighted by Gasteiger charge is -2.36. The monoisotopic (exact) mass is 630 g/mol. The van der Waals surface area contributed by atoms with E-state index in [4.69, 9.17) is 14.2 Å². The Morgan fingerprint density at radius 3 is 2.49 bits per heavy atom. The van der Waals surface area contributed by atoms with E-state index >= 15 is 0 Å². The van der Waals surface area contributed by atoms with Gasteiger partial charge in [0.15, 0.2) is 17.3 Å². The average molecular weight is 632 g/mol. The topological polar surface area (TPSA) is 89.0 Å². The van der Waals surface area contributed by atoms with Crippen LogP contribution >= 0.6 is 49.6 Å². The van der Waals surface area contributed by atoms with Crippen LogP contribution in [0.4, 0.5) is 8.78 Å². The standard InChI is InChI=1S/C25H28F2N4O4.4ClH/c1-33-16-9-18-17(20(27)12-30-25(18)19(26)10-16)2-4-31-5-3-21(22(32)14-31)29-11-15-8-23-24(13-28-15)35-7-6-34-23;;;;/h8-10,12-13,21-22,29,32H,2-7,11,14H2,1H3;4*1H/t21-,22+;;;;/m0..../s1. The van der Waals surface area contributed by atoms with Crippen LogP contribution in [-0.2, 0) is 13.0 Å². The van der Waals surface area contributed by atoms with Crippen LogP contribution in [0.3, 0.4) is 0 Å². The molecule has 3 aromatic rings. The molecule has 1 fully saturated rings. The number of hydrogen-bond donors (Lipinski definition) is 2. The summed E-state index contributed by atoms with van der Waals surface area (Å²) in [6.07, 6.45) is 3.23. The molecule has 1 aromatic carbocycles. The first kappa shape index (κ1) is 35.1. The Morgan fingerprint density at radius 2 is 1.77 bits per heavy atom. The molecule has 2 aromatic heterocycles. The third-order valence-corrected chi connectivity index (χ3v) is 6.57. The van der Waals surface area contributed by atoms with Crippen molar-refractivity contribution in [2.45, 2.75) is 31.5 Å². The van der Waals surface area contributed by atoms with Gasteiger partial charge in [-0.1, -0.05) is 0 Å². The van der Waals surface area contributed by atoms with Gasteiger partial charge < -0.3 is 29.5 Å². The van der Waals surface area contributed by atoms with Crippen molar-refractivity contribution in [2.75, 3.05) is 40.0 Å². The average Bonchev–Trinajstić information content (AvgIpc) is 2.87. The minimum atomic E-state index is -0.586. The number of pyridine rings is 2. The number of hydrogen-bond acceptors (Lipinski definition) is 8. The predicted octanol–water partition coefficient (Wildman–Crippen LogP) is 4.14. The van der Waals surface area contributed by atoms with Crippen LogP contribution in [0.5, 0.6) is 17.2 Å². The van der Waals surface area contributed by atoms with Gasteiger partial charge in [0.25, 0.3) is 0 Å². The van der Waals surface area contributed by atoms with Crippen LogP contribution in [0.1, 0.15) is 17.7 Å². The van der Waals surface area contributed by atoms with Gasteiger partial charge in [-0.05, 0) is 25.5 Å². The second-order valence-electron chi connectivity index (χ2n) is 8.80. The molecule has 14 heteroatoms. The molecular formula is C25H32Cl4F2N4O4. The van der Waals surface area contributed by atoms with Crippen molar-refractivity contribution in [1.82, 2.24) is 20.2 Å². The summed E-state index contributed by atoms with van der Waals surface area (Å²) in [5, 5.41) is 14.5. The number of nitrogens with one attached hydrogen (secondary N) is 1. The summed E-state index contributed by atoms with van der Waals surface area (Å²) in [4.78, 5) is 10.4. The highest BCUT2D eigenvalue weighted by Crippen LogP contribution is 2.30. The Kier molecular flexibility index (Phi) is 14.2. The minimum absolute atomic E-state index is 0. The lowest BCUT2D eigenvalue weighted by molar-refractivity contribution is 0.0402. The van der Waals surface area contributed by atoms with E-state index in [0.717, 1.165) is 24.9 Å². The molecule has 0 spiro atoms. The molecule has 8 nitrogen and oxygen atoms in total. The molecule has 0 aliphatic carbocycles. The van der Waals surface area contributed by atoms with Crippen molar-refractivity contribution < 1.29 is 28.1 Å². The molecule has 0 radical (unpaired) electrons. The van der Waals surface area contributed by atoms with Crippen molar-refractivity contribution in [2.24, 2.45) is 0 Å². The zero-order valence-corrected chi connectivity index (χ0v) is 24.4. The Bertz CT molecular complexity index is 1230. The highest BCUT2D eigenvalue weighted by Gasteiger charge is 2.28. The molecule has 0 unspecified atom stereocenters. The number of likely N-dealkylation sites (tertiary alicyclic amines) is 1. The second-order valence-corrected chi connectivity index (χ2v) is 8.80. The quantitative estimate of drug-likeness (QED) is 0.402. The third-order valence-electron chi connectivity index (χ3n) is 6.57. The predicted molar refractivity (Wildman–Crippen MR) is 154 cm³/mol. The third kappa shape index (κ3) is 8.07. The van der Waals surface area contributed by atoms with Gasteiger partial charge in [-0.2, -0.15) is 0 Å². The number of piperidine rings is 1. The van der Waals surface area contributed by atoms with Crippen molar-refractivity contribution in [3.63, 3.8) is 0 Å². The van der Waals surface area contributed by atoms with Crippen LogP contribution < -0.4 is 19.5 Å². The van der Waals surface area contributed by atoms with Gasteiger partial charge in [0.1, 0.15) is 30.3 Å². The van der Waals surface area contributed by atoms with Gasteiger partial charge in [-0.15, -0.1) is 49.6 Å². The number of benzene rings is 1. The number of fused-ring (bicyclic) bond motifs is 2. The molecule has 4 heterocycles. The van der Waals surface area contributed by atoms with Crippen molar-refractivity contribution >= 4 is 60.5 Å². The second kappa shape index (κ2) is 15.8. The van der Waals surface area contributed by atoms with E-state index in [1.54, 1.807) is 12.3 Å². The normalized spacial score (nSPS) is 18.2. The highest BCUT2D eigenvalue weighted by molar-refractivity contribution is 5.86. The molecule has 1 saturated heterocycles. The molecule has 0 saturated carbocycles.